The van der Waals surface area contributed by atoms with Gasteiger partial charge in [0.2, 0.25) is 0 Å². The van der Waals surface area contributed by atoms with Gasteiger partial charge in [-0.1, -0.05) is 27.5 Å². The van der Waals surface area contributed by atoms with Crippen molar-refractivity contribution in [3.63, 3.8) is 0 Å². The standard InChI is InChI=1S/C8H5BrClN3S/c9-4-1-2-5-6(3-4)13-8(11-5)7(10)14-12-13/h1-3,11-12H. The van der Waals surface area contributed by atoms with Gasteiger partial charge in [0.15, 0.2) is 5.82 Å². The van der Waals surface area contributed by atoms with Crippen molar-refractivity contribution in [1.29, 1.82) is 0 Å². The number of rotatable bonds is 0. The van der Waals surface area contributed by atoms with Crippen molar-refractivity contribution in [2.45, 2.75) is 0 Å². The highest BCUT2D eigenvalue weighted by molar-refractivity contribution is 9.10. The molecule has 2 heterocycles. The van der Waals surface area contributed by atoms with Gasteiger partial charge in [0, 0.05) is 4.47 Å². The SMILES string of the molecule is ClC1=C2Nc3ccc(Br)cc3N2NS1. The van der Waals surface area contributed by atoms with Gasteiger partial charge in [0.1, 0.15) is 4.36 Å². The largest absolute Gasteiger partial charge is 0.337 e. The minimum atomic E-state index is 0.734. The third kappa shape index (κ3) is 1.16. The van der Waals surface area contributed by atoms with Crippen LogP contribution in [0.25, 0.3) is 0 Å². The quantitative estimate of drug-likeness (QED) is 0.718. The zero-order valence-corrected chi connectivity index (χ0v) is 10.0. The van der Waals surface area contributed by atoms with E-state index in [9.17, 15) is 0 Å². The first kappa shape index (κ1) is 8.91. The topological polar surface area (TPSA) is 27.3 Å². The Balaban J connectivity index is 2.15. The van der Waals surface area contributed by atoms with E-state index < -0.39 is 0 Å². The van der Waals surface area contributed by atoms with Gasteiger partial charge >= 0.3 is 0 Å². The van der Waals surface area contributed by atoms with Crippen LogP contribution in [-0.2, 0) is 0 Å². The van der Waals surface area contributed by atoms with Gasteiger partial charge in [-0.25, -0.2) is 5.01 Å². The van der Waals surface area contributed by atoms with Gasteiger partial charge in [-0.05, 0) is 30.1 Å². The lowest BCUT2D eigenvalue weighted by molar-refractivity contribution is 0.982. The van der Waals surface area contributed by atoms with Crippen molar-refractivity contribution in [3.05, 3.63) is 32.9 Å². The summed E-state index contributed by atoms with van der Waals surface area (Å²) in [4.78, 5) is 3.11. The predicted molar refractivity (Wildman–Crippen MR) is 63.8 cm³/mol. The van der Waals surface area contributed by atoms with Crippen LogP contribution in [0, 0.1) is 0 Å². The molecule has 6 heteroatoms. The highest BCUT2D eigenvalue weighted by Gasteiger charge is 2.31. The normalized spacial score (nSPS) is 18.3. The molecule has 0 bridgehead atoms. The first-order valence-electron chi connectivity index (χ1n) is 3.95. The van der Waals surface area contributed by atoms with E-state index in [1.54, 1.807) is 0 Å². The lowest BCUT2D eigenvalue weighted by Crippen LogP contribution is -2.25. The van der Waals surface area contributed by atoms with E-state index in [0.717, 1.165) is 26.0 Å². The van der Waals surface area contributed by atoms with E-state index in [-0.39, 0.29) is 0 Å². The number of benzene rings is 1. The van der Waals surface area contributed by atoms with Crippen LogP contribution in [0.3, 0.4) is 0 Å². The molecule has 3 rings (SSSR count). The molecule has 0 amide bonds. The minimum Gasteiger partial charge on any atom is -0.337 e. The van der Waals surface area contributed by atoms with E-state index in [1.165, 1.54) is 11.9 Å². The lowest BCUT2D eigenvalue weighted by Gasteiger charge is -2.11. The van der Waals surface area contributed by atoms with Crippen LogP contribution in [0.15, 0.2) is 32.9 Å². The van der Waals surface area contributed by atoms with Crippen LogP contribution in [-0.4, -0.2) is 0 Å². The fraction of sp³-hybridized carbons (Fsp3) is 0. The van der Waals surface area contributed by atoms with Crippen molar-refractivity contribution < 1.29 is 0 Å². The molecular formula is C8H5BrClN3S. The number of hydrazine groups is 1. The summed E-state index contributed by atoms with van der Waals surface area (Å²) < 4.78 is 1.78. The number of anilines is 2. The molecule has 0 fully saturated rings. The molecule has 3 nitrogen and oxygen atoms in total. The number of hydrogen-bond donors (Lipinski definition) is 2. The van der Waals surface area contributed by atoms with Crippen molar-refractivity contribution in [3.8, 4) is 0 Å². The minimum absolute atomic E-state index is 0.734. The second kappa shape index (κ2) is 3.06. The fourth-order valence-electron chi connectivity index (χ4n) is 1.47. The Morgan fingerprint density at radius 2 is 2.29 bits per heavy atom. The third-order valence-electron chi connectivity index (χ3n) is 2.09. The molecule has 0 atom stereocenters. The average molecular weight is 291 g/mol. The molecule has 2 aliphatic heterocycles. The predicted octanol–water partition coefficient (Wildman–Crippen LogP) is 3.21. The van der Waals surface area contributed by atoms with Crippen LogP contribution >= 0.6 is 39.5 Å². The Morgan fingerprint density at radius 1 is 1.43 bits per heavy atom. The smallest absolute Gasteiger partial charge is 0.153 e. The second-order valence-electron chi connectivity index (χ2n) is 2.94. The van der Waals surface area contributed by atoms with Crippen molar-refractivity contribution in [2.24, 2.45) is 0 Å². The van der Waals surface area contributed by atoms with Crippen LogP contribution in [0.1, 0.15) is 0 Å². The molecule has 0 aliphatic carbocycles. The summed E-state index contributed by atoms with van der Waals surface area (Å²) in [6.07, 6.45) is 0. The second-order valence-corrected chi connectivity index (χ2v) is 5.25. The molecule has 0 unspecified atom stereocenters. The Labute approximate surface area is 98.7 Å². The Morgan fingerprint density at radius 3 is 3.14 bits per heavy atom. The maximum Gasteiger partial charge on any atom is 0.153 e. The van der Waals surface area contributed by atoms with E-state index in [1.807, 2.05) is 23.2 Å². The summed E-state index contributed by atoms with van der Waals surface area (Å²) >= 11 is 10.8. The Hall–Kier alpha value is -0.360. The number of halogens is 2. The molecule has 14 heavy (non-hydrogen) atoms. The lowest BCUT2D eigenvalue weighted by atomic mass is 10.3. The maximum absolute atomic E-state index is 6.01. The molecule has 1 aromatic rings. The van der Waals surface area contributed by atoms with Gasteiger partial charge < -0.3 is 5.32 Å². The highest BCUT2D eigenvalue weighted by atomic mass is 79.9. The van der Waals surface area contributed by atoms with E-state index in [0.29, 0.717) is 0 Å². The van der Waals surface area contributed by atoms with Crippen molar-refractivity contribution in [2.75, 3.05) is 10.3 Å². The van der Waals surface area contributed by atoms with E-state index in [2.05, 4.69) is 26.1 Å². The molecule has 0 saturated carbocycles. The van der Waals surface area contributed by atoms with Crippen LogP contribution in [0.5, 0.6) is 0 Å². The first-order valence-corrected chi connectivity index (χ1v) is 5.93. The van der Waals surface area contributed by atoms with Crippen molar-refractivity contribution in [1.82, 2.24) is 4.83 Å². The third-order valence-corrected chi connectivity index (χ3v) is 3.64. The van der Waals surface area contributed by atoms with Crippen LogP contribution < -0.4 is 15.2 Å². The molecule has 1 aromatic carbocycles. The van der Waals surface area contributed by atoms with Crippen LogP contribution in [0.4, 0.5) is 11.4 Å². The molecule has 0 aromatic heterocycles. The Bertz CT molecular complexity index is 448. The molecule has 0 spiro atoms. The van der Waals surface area contributed by atoms with Crippen molar-refractivity contribution >= 4 is 50.9 Å². The van der Waals surface area contributed by atoms with E-state index >= 15 is 0 Å². The van der Waals surface area contributed by atoms with Gasteiger partial charge in [0.05, 0.1) is 11.4 Å². The van der Waals surface area contributed by atoms with Gasteiger partial charge in [0.25, 0.3) is 0 Å². The average Bonchev–Trinajstić information content (AvgIpc) is 2.67. The maximum atomic E-state index is 6.01. The summed E-state index contributed by atoms with van der Waals surface area (Å²) in [7, 11) is 0. The zero-order chi connectivity index (χ0) is 9.71. The Kier molecular flexibility index (Phi) is 1.95. The summed E-state index contributed by atoms with van der Waals surface area (Å²) in [5.41, 5.74) is 2.15. The summed E-state index contributed by atoms with van der Waals surface area (Å²) in [5.74, 6) is 0.907. The highest BCUT2D eigenvalue weighted by Crippen LogP contribution is 2.44. The summed E-state index contributed by atoms with van der Waals surface area (Å²) in [6, 6.07) is 6.05. The van der Waals surface area contributed by atoms with E-state index in [4.69, 9.17) is 11.6 Å². The molecule has 2 N–H and O–H groups in total. The summed E-state index contributed by atoms with van der Waals surface area (Å²) in [6.45, 7) is 0. The number of hydrogen-bond acceptors (Lipinski definition) is 4. The molecule has 0 radical (unpaired) electrons. The molecule has 2 aliphatic rings. The van der Waals surface area contributed by atoms with Crippen LogP contribution in [0.2, 0.25) is 0 Å². The zero-order valence-electron chi connectivity index (χ0n) is 6.84. The fourth-order valence-corrected chi connectivity index (χ4v) is 2.65. The number of fused-ring (bicyclic) bond motifs is 3. The number of nitrogens with zero attached hydrogens (tertiary/aromatic N) is 1. The monoisotopic (exact) mass is 289 g/mol. The van der Waals surface area contributed by atoms with Gasteiger partial charge in [-0.3, -0.25) is 0 Å². The molecule has 0 saturated heterocycles. The molecular weight excluding hydrogens is 286 g/mol. The first-order chi connectivity index (χ1) is 6.75. The molecule has 72 valence electrons. The summed E-state index contributed by atoms with van der Waals surface area (Å²) in [5, 5.41) is 5.18. The van der Waals surface area contributed by atoms with Gasteiger partial charge in [-0.2, -0.15) is 4.83 Å². The number of nitrogens with one attached hydrogen (secondary N) is 2. The van der Waals surface area contributed by atoms with Gasteiger partial charge in [-0.15, -0.1) is 0 Å².